The zero-order valence-electron chi connectivity index (χ0n) is 19.0. The fraction of sp³-hybridized carbons (Fsp3) is 0.185. The van der Waals surface area contributed by atoms with Crippen molar-refractivity contribution < 1.29 is 28.6 Å². The van der Waals surface area contributed by atoms with Gasteiger partial charge in [0.05, 0.1) is 24.8 Å². The Morgan fingerprint density at radius 3 is 2.24 bits per heavy atom. The van der Waals surface area contributed by atoms with Crippen LogP contribution in [0, 0.1) is 5.82 Å². The fourth-order valence-electron chi connectivity index (χ4n) is 4.01. The normalized spacial score (nSPS) is 17.3. The van der Waals surface area contributed by atoms with E-state index in [1.54, 1.807) is 48.5 Å². The van der Waals surface area contributed by atoms with Gasteiger partial charge in [-0.05, 0) is 68.4 Å². The van der Waals surface area contributed by atoms with Crippen LogP contribution in [0.5, 0.6) is 11.5 Å². The summed E-state index contributed by atoms with van der Waals surface area (Å²) in [5.41, 5.74) is 1.10. The Morgan fingerprint density at radius 1 is 0.971 bits per heavy atom. The molecule has 34 heavy (non-hydrogen) atoms. The highest BCUT2D eigenvalue weighted by molar-refractivity contribution is 6.51. The van der Waals surface area contributed by atoms with E-state index >= 15 is 0 Å². The number of carbonyl (C=O) groups excluding carboxylic acids is 2. The van der Waals surface area contributed by atoms with E-state index in [9.17, 15) is 19.1 Å². The number of anilines is 1. The molecule has 1 saturated heterocycles. The van der Waals surface area contributed by atoms with Gasteiger partial charge in [-0.3, -0.25) is 14.5 Å². The lowest BCUT2D eigenvalue weighted by atomic mass is 9.94. The van der Waals surface area contributed by atoms with Crippen molar-refractivity contribution in [2.75, 3.05) is 12.0 Å². The van der Waals surface area contributed by atoms with E-state index in [1.165, 1.54) is 36.3 Å². The summed E-state index contributed by atoms with van der Waals surface area (Å²) in [6, 6.07) is 17.8. The van der Waals surface area contributed by atoms with E-state index in [2.05, 4.69) is 0 Å². The highest BCUT2D eigenvalue weighted by atomic mass is 19.1. The maximum atomic E-state index is 13.6. The van der Waals surface area contributed by atoms with Crippen molar-refractivity contribution in [2.24, 2.45) is 0 Å². The molecule has 0 bridgehead atoms. The zero-order chi connectivity index (χ0) is 24.4. The van der Waals surface area contributed by atoms with Crippen LogP contribution in [0.4, 0.5) is 10.1 Å². The van der Waals surface area contributed by atoms with Crippen LogP contribution in [0.2, 0.25) is 0 Å². The molecule has 0 saturated carbocycles. The first-order valence-electron chi connectivity index (χ1n) is 10.8. The molecule has 3 aromatic rings. The first-order chi connectivity index (χ1) is 16.3. The standard InChI is InChI=1S/C27H24FNO5/c1-16(2)34-20-14-8-17(9-15-20)25(30)23-24(21-6-4-5-7-22(21)33-3)29(27(32)26(23)31)19-12-10-18(28)11-13-19/h4-16,24,30H,1-3H3/b25-23-. The molecule has 1 heterocycles. The second-order valence-corrected chi connectivity index (χ2v) is 8.08. The molecule has 0 aromatic heterocycles. The first kappa shape index (κ1) is 23.0. The van der Waals surface area contributed by atoms with Gasteiger partial charge in [-0.25, -0.2) is 4.39 Å². The average molecular weight is 461 g/mol. The predicted octanol–water partition coefficient (Wildman–Crippen LogP) is 5.25. The molecule has 1 fully saturated rings. The van der Waals surface area contributed by atoms with Crippen LogP contribution in [-0.2, 0) is 9.59 Å². The molecule has 174 valence electrons. The van der Waals surface area contributed by atoms with Crippen LogP contribution in [0.1, 0.15) is 31.0 Å². The minimum Gasteiger partial charge on any atom is -0.507 e. The number of methoxy groups -OCH3 is 1. The minimum atomic E-state index is -0.979. The number of halogens is 1. The molecule has 1 aliphatic rings. The molecule has 1 aliphatic heterocycles. The molecule has 1 unspecified atom stereocenters. The number of ether oxygens (including phenoxy) is 2. The summed E-state index contributed by atoms with van der Waals surface area (Å²) >= 11 is 0. The van der Waals surface area contributed by atoms with Gasteiger partial charge >= 0.3 is 0 Å². The number of hydrogen-bond donors (Lipinski definition) is 1. The maximum Gasteiger partial charge on any atom is 0.300 e. The second kappa shape index (κ2) is 9.39. The van der Waals surface area contributed by atoms with Gasteiger partial charge in [-0.15, -0.1) is 0 Å². The lowest BCUT2D eigenvalue weighted by molar-refractivity contribution is -0.132. The van der Waals surface area contributed by atoms with E-state index in [0.29, 0.717) is 28.3 Å². The third-order valence-corrected chi connectivity index (χ3v) is 5.48. The molecule has 0 spiro atoms. The van der Waals surface area contributed by atoms with Crippen LogP contribution in [-0.4, -0.2) is 30.0 Å². The van der Waals surface area contributed by atoms with Gasteiger partial charge in [0.15, 0.2) is 0 Å². The Balaban J connectivity index is 1.89. The topological polar surface area (TPSA) is 76.1 Å². The second-order valence-electron chi connectivity index (χ2n) is 8.08. The van der Waals surface area contributed by atoms with Gasteiger partial charge < -0.3 is 14.6 Å². The highest BCUT2D eigenvalue weighted by Gasteiger charge is 2.47. The number of carbonyl (C=O) groups is 2. The number of amides is 1. The molecule has 1 amide bonds. The van der Waals surface area contributed by atoms with Gasteiger partial charge in [-0.1, -0.05) is 18.2 Å². The van der Waals surface area contributed by atoms with Crippen molar-refractivity contribution in [2.45, 2.75) is 26.0 Å². The van der Waals surface area contributed by atoms with Crippen molar-refractivity contribution in [1.82, 2.24) is 0 Å². The SMILES string of the molecule is COc1ccccc1C1/C(=C(/O)c2ccc(OC(C)C)cc2)C(=O)C(=O)N1c1ccc(F)cc1. The number of nitrogens with zero attached hydrogens (tertiary/aromatic N) is 1. The zero-order valence-corrected chi connectivity index (χ0v) is 19.0. The quantitative estimate of drug-likeness (QED) is 0.308. The monoisotopic (exact) mass is 461 g/mol. The molecule has 0 aliphatic carbocycles. The number of rotatable bonds is 6. The van der Waals surface area contributed by atoms with Crippen molar-refractivity contribution in [3.8, 4) is 11.5 Å². The summed E-state index contributed by atoms with van der Waals surface area (Å²) in [5.74, 6) is -1.43. The summed E-state index contributed by atoms with van der Waals surface area (Å²) in [5, 5.41) is 11.2. The van der Waals surface area contributed by atoms with Crippen LogP contribution < -0.4 is 14.4 Å². The number of aliphatic hydroxyl groups excluding tert-OH is 1. The Kier molecular flexibility index (Phi) is 6.36. The summed E-state index contributed by atoms with van der Waals surface area (Å²) < 4.78 is 24.7. The largest absolute Gasteiger partial charge is 0.507 e. The predicted molar refractivity (Wildman–Crippen MR) is 126 cm³/mol. The number of Topliss-reactive ketones (excluding diaryl/α,β-unsaturated/α-hetero) is 1. The van der Waals surface area contributed by atoms with Crippen molar-refractivity contribution >= 4 is 23.1 Å². The van der Waals surface area contributed by atoms with Gasteiger partial charge in [0.25, 0.3) is 11.7 Å². The third-order valence-electron chi connectivity index (χ3n) is 5.48. The van der Waals surface area contributed by atoms with Gasteiger partial charge in [0.2, 0.25) is 0 Å². The van der Waals surface area contributed by atoms with E-state index in [0.717, 1.165) is 0 Å². The van der Waals surface area contributed by atoms with Crippen LogP contribution in [0.25, 0.3) is 5.76 Å². The molecule has 4 rings (SSSR count). The summed E-state index contributed by atoms with van der Waals surface area (Å²) in [6.07, 6.45) is -0.0222. The van der Waals surface area contributed by atoms with Crippen LogP contribution in [0.15, 0.2) is 78.4 Å². The fourth-order valence-corrected chi connectivity index (χ4v) is 4.01. The number of aliphatic hydroxyl groups is 1. The third kappa shape index (κ3) is 4.24. The maximum absolute atomic E-state index is 13.6. The molecule has 1 N–H and O–H groups in total. The Hall–Kier alpha value is -4.13. The Labute approximate surface area is 196 Å². The van der Waals surface area contributed by atoms with Gasteiger partial charge in [0.1, 0.15) is 23.1 Å². The summed E-state index contributed by atoms with van der Waals surface area (Å²) in [4.78, 5) is 27.6. The lowest BCUT2D eigenvalue weighted by Gasteiger charge is -2.26. The number of benzene rings is 3. The molecule has 0 radical (unpaired) electrons. The number of ketones is 1. The van der Waals surface area contributed by atoms with Crippen molar-refractivity contribution in [1.29, 1.82) is 0 Å². The number of hydrogen-bond acceptors (Lipinski definition) is 5. The smallest absolute Gasteiger partial charge is 0.300 e. The lowest BCUT2D eigenvalue weighted by Crippen LogP contribution is -2.29. The molecular weight excluding hydrogens is 437 g/mol. The minimum absolute atomic E-state index is 0.0222. The van der Waals surface area contributed by atoms with Gasteiger partial charge in [-0.2, -0.15) is 0 Å². The van der Waals surface area contributed by atoms with E-state index in [1.807, 2.05) is 13.8 Å². The highest BCUT2D eigenvalue weighted by Crippen LogP contribution is 2.44. The van der Waals surface area contributed by atoms with Crippen LogP contribution >= 0.6 is 0 Å². The molecule has 1 atom stereocenters. The number of para-hydroxylation sites is 1. The Morgan fingerprint density at radius 2 is 1.62 bits per heavy atom. The first-order valence-corrected chi connectivity index (χ1v) is 10.8. The van der Waals surface area contributed by atoms with Crippen molar-refractivity contribution in [3.05, 3.63) is 95.3 Å². The van der Waals surface area contributed by atoms with E-state index in [-0.39, 0.29) is 17.4 Å². The molecule has 7 heteroatoms. The van der Waals surface area contributed by atoms with E-state index < -0.39 is 23.5 Å². The molecular formula is C27H24FNO5. The average Bonchev–Trinajstić information content (AvgIpc) is 3.09. The molecule has 3 aromatic carbocycles. The summed E-state index contributed by atoms with van der Waals surface area (Å²) in [7, 11) is 1.48. The Bertz CT molecular complexity index is 1250. The van der Waals surface area contributed by atoms with Gasteiger partial charge in [0, 0.05) is 16.8 Å². The van der Waals surface area contributed by atoms with Crippen molar-refractivity contribution in [3.63, 3.8) is 0 Å². The molecule has 6 nitrogen and oxygen atoms in total. The van der Waals surface area contributed by atoms with E-state index in [4.69, 9.17) is 9.47 Å². The summed E-state index contributed by atoms with van der Waals surface area (Å²) in [6.45, 7) is 3.80. The van der Waals surface area contributed by atoms with Crippen LogP contribution in [0.3, 0.4) is 0 Å².